The monoisotopic (exact) mass is 249 g/mol. The molecule has 0 heterocycles. The van der Waals surface area contributed by atoms with E-state index < -0.39 is 0 Å². The Morgan fingerprint density at radius 1 is 1.16 bits per heavy atom. The van der Waals surface area contributed by atoms with Gasteiger partial charge in [-0.15, -0.1) is 0 Å². The third kappa shape index (κ3) is 3.72. The van der Waals surface area contributed by atoms with E-state index in [0.717, 1.165) is 16.9 Å². The normalized spacial score (nSPS) is 10.3. The summed E-state index contributed by atoms with van der Waals surface area (Å²) < 4.78 is 5.66. The molecule has 0 aliphatic heterocycles. The van der Waals surface area contributed by atoms with Crippen LogP contribution in [0.1, 0.15) is 16.7 Å². The molecule has 2 rings (SSSR count). The molecule has 0 aliphatic rings. The first-order valence-corrected chi connectivity index (χ1v) is 6.15. The van der Waals surface area contributed by atoms with Gasteiger partial charge in [0.2, 0.25) is 0 Å². The molecule has 0 aromatic heterocycles. The highest BCUT2D eigenvalue weighted by atomic mass is 16.5. The summed E-state index contributed by atoms with van der Waals surface area (Å²) in [5.74, 6) is 0.816. The van der Waals surface area contributed by atoms with E-state index in [9.17, 15) is 0 Å². The second-order valence-electron chi connectivity index (χ2n) is 4.22. The number of ether oxygens (including phenoxy) is 1. The third-order valence-corrected chi connectivity index (χ3v) is 2.75. The molecule has 0 spiro atoms. The number of nitrogens with zero attached hydrogens (tertiary/aromatic N) is 1. The van der Waals surface area contributed by atoms with Crippen molar-refractivity contribution in [1.82, 2.24) is 0 Å². The van der Waals surface area contributed by atoms with Crippen LogP contribution in [-0.2, 0) is 0 Å². The molecule has 2 aromatic rings. The van der Waals surface area contributed by atoms with Gasteiger partial charge in [-0.3, -0.25) is 0 Å². The van der Waals surface area contributed by atoms with Gasteiger partial charge in [-0.25, -0.2) is 0 Å². The lowest BCUT2D eigenvalue weighted by Gasteiger charge is -2.06. The van der Waals surface area contributed by atoms with Crippen LogP contribution in [0.5, 0.6) is 5.75 Å². The quantitative estimate of drug-likeness (QED) is 0.821. The number of nitriles is 1. The van der Waals surface area contributed by atoms with Gasteiger partial charge in [-0.2, -0.15) is 5.26 Å². The molecule has 0 atom stereocenters. The molecule has 0 amide bonds. The summed E-state index contributed by atoms with van der Waals surface area (Å²) in [6.07, 6.45) is 4.01. The zero-order valence-electron chi connectivity index (χ0n) is 10.8. The fourth-order valence-corrected chi connectivity index (χ4v) is 1.77. The van der Waals surface area contributed by atoms with Crippen molar-refractivity contribution in [3.05, 3.63) is 71.3 Å². The first kappa shape index (κ1) is 12.9. The smallest absolute Gasteiger partial charge is 0.122 e. The Balaban J connectivity index is 1.93. The van der Waals surface area contributed by atoms with Crippen molar-refractivity contribution in [2.24, 2.45) is 0 Å². The Labute approximate surface area is 113 Å². The van der Waals surface area contributed by atoms with Crippen molar-refractivity contribution < 1.29 is 4.74 Å². The SMILES string of the molecule is Cc1cc(C#N)ccc1OC/C=C/c1ccccc1. The zero-order chi connectivity index (χ0) is 13.5. The molecule has 2 aromatic carbocycles. The molecule has 2 nitrogen and oxygen atoms in total. The maximum absolute atomic E-state index is 8.79. The minimum Gasteiger partial charge on any atom is -0.489 e. The van der Waals surface area contributed by atoms with Gasteiger partial charge >= 0.3 is 0 Å². The summed E-state index contributed by atoms with van der Waals surface area (Å²) in [6.45, 7) is 2.46. The van der Waals surface area contributed by atoms with Crippen molar-refractivity contribution in [2.45, 2.75) is 6.92 Å². The molecular formula is C17H15NO. The highest BCUT2D eigenvalue weighted by Crippen LogP contribution is 2.18. The van der Waals surface area contributed by atoms with Gasteiger partial charge in [0.05, 0.1) is 11.6 Å². The minimum atomic E-state index is 0.516. The van der Waals surface area contributed by atoms with Crippen LogP contribution >= 0.6 is 0 Å². The molecular weight excluding hydrogens is 234 g/mol. The van der Waals surface area contributed by atoms with Crippen LogP contribution in [0, 0.1) is 18.3 Å². The topological polar surface area (TPSA) is 33.0 Å². The largest absolute Gasteiger partial charge is 0.489 e. The molecule has 0 N–H and O–H groups in total. The molecule has 2 heteroatoms. The molecule has 0 saturated heterocycles. The Morgan fingerprint density at radius 3 is 2.63 bits per heavy atom. The van der Waals surface area contributed by atoms with Gasteiger partial charge in [-0.05, 0) is 42.3 Å². The summed E-state index contributed by atoms with van der Waals surface area (Å²) >= 11 is 0. The molecule has 19 heavy (non-hydrogen) atoms. The molecule has 94 valence electrons. The van der Waals surface area contributed by atoms with Crippen molar-refractivity contribution in [2.75, 3.05) is 6.61 Å². The maximum atomic E-state index is 8.79. The zero-order valence-corrected chi connectivity index (χ0v) is 10.8. The van der Waals surface area contributed by atoms with E-state index in [-0.39, 0.29) is 0 Å². The molecule has 0 unspecified atom stereocenters. The lowest BCUT2D eigenvalue weighted by molar-refractivity contribution is 0.361. The first-order chi connectivity index (χ1) is 9.29. The van der Waals surface area contributed by atoms with Crippen molar-refractivity contribution >= 4 is 6.08 Å². The summed E-state index contributed by atoms with van der Waals surface area (Å²) in [4.78, 5) is 0. The fourth-order valence-electron chi connectivity index (χ4n) is 1.77. The second kappa shape index (κ2) is 6.42. The van der Waals surface area contributed by atoms with E-state index in [1.165, 1.54) is 0 Å². The molecule has 0 aliphatic carbocycles. The lowest BCUT2D eigenvalue weighted by Crippen LogP contribution is -1.95. The fraction of sp³-hybridized carbons (Fsp3) is 0.118. The molecule has 0 bridgehead atoms. The van der Waals surface area contributed by atoms with Gasteiger partial charge in [0.15, 0.2) is 0 Å². The van der Waals surface area contributed by atoms with E-state index in [4.69, 9.17) is 10.00 Å². The van der Waals surface area contributed by atoms with Crippen LogP contribution in [-0.4, -0.2) is 6.61 Å². The number of benzene rings is 2. The van der Waals surface area contributed by atoms with Crippen LogP contribution in [0.4, 0.5) is 0 Å². The number of aryl methyl sites for hydroxylation is 1. The van der Waals surface area contributed by atoms with Gasteiger partial charge in [0.25, 0.3) is 0 Å². The number of hydrogen-bond acceptors (Lipinski definition) is 2. The van der Waals surface area contributed by atoms with Gasteiger partial charge in [0.1, 0.15) is 12.4 Å². The highest BCUT2D eigenvalue weighted by molar-refractivity contribution is 5.49. The predicted octanol–water partition coefficient (Wildman–Crippen LogP) is 3.96. The standard InChI is InChI=1S/C17H15NO/c1-14-12-16(13-18)9-10-17(14)19-11-5-8-15-6-3-2-4-7-15/h2-10,12H,11H2,1H3/b8-5+. The minimum absolute atomic E-state index is 0.516. The summed E-state index contributed by atoms with van der Waals surface area (Å²) in [5, 5.41) is 8.79. The van der Waals surface area contributed by atoms with E-state index in [1.54, 1.807) is 6.07 Å². The van der Waals surface area contributed by atoms with Crippen LogP contribution in [0.2, 0.25) is 0 Å². The third-order valence-electron chi connectivity index (χ3n) is 2.75. The van der Waals surface area contributed by atoms with Gasteiger partial charge < -0.3 is 4.74 Å². The summed E-state index contributed by atoms with van der Waals surface area (Å²) in [5.41, 5.74) is 2.79. The van der Waals surface area contributed by atoms with E-state index >= 15 is 0 Å². The summed E-state index contributed by atoms with van der Waals surface area (Å²) in [6, 6.07) is 17.6. The van der Waals surface area contributed by atoms with Gasteiger partial charge in [0, 0.05) is 0 Å². The lowest BCUT2D eigenvalue weighted by atomic mass is 10.1. The Morgan fingerprint density at radius 2 is 1.95 bits per heavy atom. The van der Waals surface area contributed by atoms with Crippen LogP contribution < -0.4 is 4.74 Å². The average molecular weight is 249 g/mol. The van der Waals surface area contributed by atoms with Crippen molar-refractivity contribution in [3.63, 3.8) is 0 Å². The van der Waals surface area contributed by atoms with E-state index in [1.807, 2.05) is 61.5 Å². The first-order valence-electron chi connectivity index (χ1n) is 6.15. The Bertz CT molecular complexity index is 609. The van der Waals surface area contributed by atoms with Crippen molar-refractivity contribution in [1.29, 1.82) is 5.26 Å². The van der Waals surface area contributed by atoms with Gasteiger partial charge in [-0.1, -0.05) is 36.4 Å². The highest BCUT2D eigenvalue weighted by Gasteiger charge is 1.99. The van der Waals surface area contributed by atoms with E-state index in [2.05, 4.69) is 6.07 Å². The Kier molecular flexibility index (Phi) is 4.36. The number of rotatable bonds is 4. The molecule has 0 fully saturated rings. The predicted molar refractivity (Wildman–Crippen MR) is 76.9 cm³/mol. The Hall–Kier alpha value is -2.53. The van der Waals surface area contributed by atoms with Crippen LogP contribution in [0.3, 0.4) is 0 Å². The molecule has 0 saturated carbocycles. The van der Waals surface area contributed by atoms with Crippen LogP contribution in [0.25, 0.3) is 6.08 Å². The number of hydrogen-bond donors (Lipinski definition) is 0. The average Bonchev–Trinajstić information content (AvgIpc) is 2.46. The van der Waals surface area contributed by atoms with E-state index in [0.29, 0.717) is 12.2 Å². The van der Waals surface area contributed by atoms with Crippen molar-refractivity contribution in [3.8, 4) is 11.8 Å². The second-order valence-corrected chi connectivity index (χ2v) is 4.22. The summed E-state index contributed by atoms with van der Waals surface area (Å²) in [7, 11) is 0. The molecule has 0 radical (unpaired) electrons. The van der Waals surface area contributed by atoms with Crippen LogP contribution in [0.15, 0.2) is 54.6 Å². The maximum Gasteiger partial charge on any atom is 0.122 e.